The van der Waals surface area contributed by atoms with Crippen LogP contribution in [0.1, 0.15) is 5.56 Å². The highest BCUT2D eigenvalue weighted by atomic mass is 35.5. The van der Waals surface area contributed by atoms with Gasteiger partial charge in [0.05, 0.1) is 33.4 Å². The van der Waals surface area contributed by atoms with Crippen molar-refractivity contribution in [3.8, 4) is 17.2 Å². The number of nitrogens with one attached hydrogen (secondary N) is 1. The maximum Gasteiger partial charge on any atom is 0.228 e. The Morgan fingerprint density at radius 2 is 1.71 bits per heavy atom. The van der Waals surface area contributed by atoms with E-state index in [1.165, 1.54) is 33.5 Å². The second kappa shape index (κ2) is 7.88. The number of anilines is 1. The van der Waals surface area contributed by atoms with Gasteiger partial charge in [0.25, 0.3) is 0 Å². The predicted molar refractivity (Wildman–Crippen MR) is 89.8 cm³/mol. The largest absolute Gasteiger partial charge is 0.493 e. The van der Waals surface area contributed by atoms with Gasteiger partial charge in [0.1, 0.15) is 5.82 Å². The van der Waals surface area contributed by atoms with Crippen molar-refractivity contribution in [2.45, 2.75) is 6.42 Å². The smallest absolute Gasteiger partial charge is 0.228 e. The Bertz CT molecular complexity index is 726. The van der Waals surface area contributed by atoms with Gasteiger partial charge in [-0.1, -0.05) is 11.6 Å². The van der Waals surface area contributed by atoms with Crippen LogP contribution in [0.25, 0.3) is 0 Å². The summed E-state index contributed by atoms with van der Waals surface area (Å²) in [5, 5.41) is 2.76. The molecule has 0 aromatic heterocycles. The zero-order valence-corrected chi connectivity index (χ0v) is 14.2. The quantitative estimate of drug-likeness (QED) is 0.860. The third-order valence-electron chi connectivity index (χ3n) is 3.29. The van der Waals surface area contributed by atoms with Crippen molar-refractivity contribution in [3.05, 3.63) is 46.7 Å². The number of hydrogen-bond acceptors (Lipinski definition) is 4. The van der Waals surface area contributed by atoms with Crippen LogP contribution in [0.4, 0.5) is 10.1 Å². The molecule has 24 heavy (non-hydrogen) atoms. The van der Waals surface area contributed by atoms with E-state index in [0.29, 0.717) is 22.8 Å². The van der Waals surface area contributed by atoms with E-state index in [4.69, 9.17) is 25.8 Å². The zero-order chi connectivity index (χ0) is 17.7. The maximum absolute atomic E-state index is 13.7. The molecule has 2 aromatic rings. The number of benzene rings is 2. The first-order chi connectivity index (χ1) is 11.5. The molecule has 0 radical (unpaired) electrons. The van der Waals surface area contributed by atoms with Crippen LogP contribution in [0.2, 0.25) is 5.02 Å². The molecule has 0 aliphatic rings. The molecule has 1 amide bonds. The molecule has 5 nitrogen and oxygen atoms in total. The highest BCUT2D eigenvalue weighted by molar-refractivity contribution is 6.30. The van der Waals surface area contributed by atoms with E-state index in [1.807, 2.05) is 0 Å². The minimum Gasteiger partial charge on any atom is -0.493 e. The number of methoxy groups -OCH3 is 3. The van der Waals surface area contributed by atoms with Gasteiger partial charge in [-0.05, 0) is 35.9 Å². The minimum absolute atomic E-state index is 0.0127. The van der Waals surface area contributed by atoms with Crippen molar-refractivity contribution in [1.29, 1.82) is 0 Å². The number of hydrogen-bond donors (Lipinski definition) is 1. The number of ether oxygens (including phenoxy) is 3. The number of rotatable bonds is 6. The van der Waals surface area contributed by atoms with Crippen molar-refractivity contribution < 1.29 is 23.4 Å². The van der Waals surface area contributed by atoms with Gasteiger partial charge in [-0.2, -0.15) is 0 Å². The number of halogens is 2. The summed E-state index contributed by atoms with van der Waals surface area (Å²) < 4.78 is 29.4. The standard InChI is InChI=1S/C17H17ClFNO4/c1-22-14-6-10(7-15(23-2)17(14)24-3)8-16(21)20-13-5-4-11(18)9-12(13)19/h4-7,9H,8H2,1-3H3,(H,20,21). The highest BCUT2D eigenvalue weighted by Gasteiger charge is 2.15. The zero-order valence-electron chi connectivity index (χ0n) is 13.5. The second-order valence-electron chi connectivity index (χ2n) is 4.88. The van der Waals surface area contributed by atoms with Gasteiger partial charge >= 0.3 is 0 Å². The molecule has 0 atom stereocenters. The fourth-order valence-corrected chi connectivity index (χ4v) is 2.37. The van der Waals surface area contributed by atoms with Crippen molar-refractivity contribution in [2.24, 2.45) is 0 Å². The molecule has 2 aromatic carbocycles. The monoisotopic (exact) mass is 353 g/mol. The summed E-state index contributed by atoms with van der Waals surface area (Å²) in [6.45, 7) is 0. The van der Waals surface area contributed by atoms with Crippen molar-refractivity contribution in [3.63, 3.8) is 0 Å². The lowest BCUT2D eigenvalue weighted by molar-refractivity contribution is -0.115. The Morgan fingerprint density at radius 1 is 1.08 bits per heavy atom. The molecule has 7 heteroatoms. The summed E-state index contributed by atoms with van der Waals surface area (Å²) >= 11 is 5.69. The van der Waals surface area contributed by atoms with E-state index in [9.17, 15) is 9.18 Å². The molecule has 0 saturated heterocycles. The Kier molecular flexibility index (Phi) is 5.87. The molecule has 0 aliphatic carbocycles. The van der Waals surface area contributed by atoms with Crippen LogP contribution < -0.4 is 19.5 Å². The van der Waals surface area contributed by atoms with Crippen LogP contribution in [0.15, 0.2) is 30.3 Å². The van der Waals surface area contributed by atoms with Gasteiger partial charge in [-0.3, -0.25) is 4.79 Å². The minimum atomic E-state index is -0.597. The first-order valence-electron chi connectivity index (χ1n) is 7.02. The third kappa shape index (κ3) is 4.08. The topological polar surface area (TPSA) is 56.8 Å². The highest BCUT2D eigenvalue weighted by Crippen LogP contribution is 2.38. The fourth-order valence-electron chi connectivity index (χ4n) is 2.21. The Morgan fingerprint density at radius 3 is 2.21 bits per heavy atom. The summed E-state index contributed by atoms with van der Waals surface area (Å²) in [5.74, 6) is 0.341. The predicted octanol–water partition coefficient (Wildman–Crippen LogP) is 3.69. The van der Waals surface area contributed by atoms with Crippen molar-refractivity contribution in [2.75, 3.05) is 26.6 Å². The lowest BCUT2D eigenvalue weighted by Crippen LogP contribution is -2.15. The van der Waals surface area contributed by atoms with Crippen LogP contribution in [-0.4, -0.2) is 27.2 Å². The average Bonchev–Trinajstić information content (AvgIpc) is 2.56. The summed E-state index contributed by atoms with van der Waals surface area (Å²) in [7, 11) is 4.48. The average molecular weight is 354 g/mol. The maximum atomic E-state index is 13.7. The summed E-state index contributed by atoms with van der Waals surface area (Å²) in [4.78, 5) is 12.1. The molecular weight excluding hydrogens is 337 g/mol. The van der Waals surface area contributed by atoms with Gasteiger partial charge in [0.15, 0.2) is 11.5 Å². The molecule has 0 saturated carbocycles. The van der Waals surface area contributed by atoms with Gasteiger partial charge in [-0.25, -0.2) is 4.39 Å². The fraction of sp³-hybridized carbons (Fsp3) is 0.235. The first-order valence-corrected chi connectivity index (χ1v) is 7.40. The van der Waals surface area contributed by atoms with E-state index in [2.05, 4.69) is 5.32 Å². The normalized spacial score (nSPS) is 10.2. The first kappa shape index (κ1) is 17.9. The van der Waals surface area contributed by atoms with Crippen LogP contribution >= 0.6 is 11.6 Å². The number of carbonyl (C=O) groups is 1. The molecule has 2 rings (SSSR count). The lowest BCUT2D eigenvalue weighted by Gasteiger charge is -2.14. The third-order valence-corrected chi connectivity index (χ3v) is 3.53. The van der Waals surface area contributed by atoms with Crippen molar-refractivity contribution >= 4 is 23.2 Å². The summed E-state index contributed by atoms with van der Waals surface area (Å²) in [6.07, 6.45) is 0.0127. The van der Waals surface area contributed by atoms with E-state index in [1.54, 1.807) is 12.1 Å². The summed E-state index contributed by atoms with van der Waals surface area (Å²) in [6, 6.07) is 7.37. The number of carbonyl (C=O) groups excluding carboxylic acids is 1. The van der Waals surface area contributed by atoms with Gasteiger partial charge in [0.2, 0.25) is 11.7 Å². The number of amides is 1. The summed E-state index contributed by atoms with van der Waals surface area (Å²) in [5.41, 5.74) is 0.702. The van der Waals surface area contributed by atoms with Crippen LogP contribution in [0.3, 0.4) is 0 Å². The molecule has 0 heterocycles. The SMILES string of the molecule is COc1cc(CC(=O)Nc2ccc(Cl)cc2F)cc(OC)c1OC. The van der Waals surface area contributed by atoms with E-state index >= 15 is 0 Å². The van der Waals surface area contributed by atoms with Crippen molar-refractivity contribution in [1.82, 2.24) is 0 Å². The van der Waals surface area contributed by atoms with Crippen LogP contribution in [0, 0.1) is 5.82 Å². The Labute approximate surface area is 144 Å². The van der Waals surface area contributed by atoms with E-state index in [0.717, 1.165) is 6.07 Å². The molecule has 0 aliphatic heterocycles. The molecular formula is C17H17ClFNO4. The molecule has 0 fully saturated rings. The van der Waals surface area contributed by atoms with Gasteiger partial charge in [-0.15, -0.1) is 0 Å². The molecule has 0 bridgehead atoms. The Balaban J connectivity index is 2.19. The van der Waals surface area contributed by atoms with E-state index < -0.39 is 5.82 Å². The Hall–Kier alpha value is -2.47. The molecule has 0 unspecified atom stereocenters. The second-order valence-corrected chi connectivity index (χ2v) is 5.32. The lowest BCUT2D eigenvalue weighted by atomic mass is 10.1. The molecule has 128 valence electrons. The van der Waals surface area contributed by atoms with E-state index in [-0.39, 0.29) is 23.0 Å². The van der Waals surface area contributed by atoms with Gasteiger partial charge < -0.3 is 19.5 Å². The van der Waals surface area contributed by atoms with Crippen LogP contribution in [0.5, 0.6) is 17.2 Å². The molecule has 0 spiro atoms. The molecule has 1 N–H and O–H groups in total. The van der Waals surface area contributed by atoms with Crippen LogP contribution in [-0.2, 0) is 11.2 Å². The van der Waals surface area contributed by atoms with Gasteiger partial charge in [0, 0.05) is 5.02 Å².